The number of likely N-dealkylation sites (tertiary alicyclic amines) is 1. The van der Waals surface area contributed by atoms with Gasteiger partial charge in [0.25, 0.3) is 0 Å². The highest BCUT2D eigenvalue weighted by atomic mass is 35.5. The van der Waals surface area contributed by atoms with E-state index in [0.717, 1.165) is 25.2 Å². The summed E-state index contributed by atoms with van der Waals surface area (Å²) < 4.78 is 0. The monoisotopic (exact) mass is 407 g/mol. The van der Waals surface area contributed by atoms with Crippen molar-refractivity contribution >= 4 is 29.9 Å². The van der Waals surface area contributed by atoms with Gasteiger partial charge in [-0.25, -0.2) is 0 Å². The van der Waals surface area contributed by atoms with Gasteiger partial charge < -0.3 is 16.0 Å². The van der Waals surface area contributed by atoms with Gasteiger partial charge in [-0.2, -0.15) is 0 Å². The maximum Gasteiger partial charge on any atom is 0.221 e. The Hall–Kier alpha value is -1.59. The van der Waals surface area contributed by atoms with Gasteiger partial charge in [0.1, 0.15) is 0 Å². The lowest BCUT2D eigenvalue weighted by Gasteiger charge is -2.16. The van der Waals surface area contributed by atoms with Crippen molar-refractivity contribution in [3.8, 4) is 0 Å². The molecule has 1 heterocycles. The topological polar surface area (TPSA) is 58.4 Å². The fourth-order valence-electron chi connectivity index (χ4n) is 3.64. The minimum absolute atomic E-state index is 0. The van der Waals surface area contributed by atoms with E-state index in [0.29, 0.717) is 36.4 Å². The van der Waals surface area contributed by atoms with Crippen LogP contribution in [0.5, 0.6) is 0 Å². The predicted octanol–water partition coefficient (Wildman–Crippen LogP) is 3.44. The van der Waals surface area contributed by atoms with E-state index in [4.69, 9.17) is 17.3 Å². The van der Waals surface area contributed by atoms with Gasteiger partial charge in [0.05, 0.1) is 0 Å². The summed E-state index contributed by atoms with van der Waals surface area (Å²) in [6.07, 6.45) is 0.489. The first-order valence-corrected chi connectivity index (χ1v) is 9.52. The minimum atomic E-state index is 0. The highest BCUT2D eigenvalue weighted by Gasteiger charge is 2.32. The molecule has 0 unspecified atom stereocenters. The zero-order valence-corrected chi connectivity index (χ0v) is 16.9. The molecular weight excluding hydrogens is 381 g/mol. The molecule has 0 radical (unpaired) electrons. The van der Waals surface area contributed by atoms with Gasteiger partial charge in [0.2, 0.25) is 5.91 Å². The van der Waals surface area contributed by atoms with Crippen LogP contribution in [0, 0.1) is 5.92 Å². The van der Waals surface area contributed by atoms with Gasteiger partial charge in [-0.3, -0.25) is 4.79 Å². The van der Waals surface area contributed by atoms with Crippen molar-refractivity contribution in [3.05, 3.63) is 70.7 Å². The number of nitrogens with one attached hydrogen (secondary N) is 1. The van der Waals surface area contributed by atoms with Crippen molar-refractivity contribution in [2.45, 2.75) is 18.9 Å². The van der Waals surface area contributed by atoms with Crippen LogP contribution in [-0.4, -0.2) is 37.0 Å². The van der Waals surface area contributed by atoms with Crippen molar-refractivity contribution < 1.29 is 4.79 Å². The number of hydrogen-bond donors (Lipinski definition) is 2. The number of rotatable bonds is 7. The first-order chi connectivity index (χ1) is 12.7. The van der Waals surface area contributed by atoms with Crippen LogP contribution in [0.2, 0.25) is 5.02 Å². The van der Waals surface area contributed by atoms with E-state index in [-0.39, 0.29) is 18.3 Å². The van der Waals surface area contributed by atoms with Gasteiger partial charge >= 0.3 is 0 Å². The average Bonchev–Trinajstić information content (AvgIpc) is 3.10. The average molecular weight is 408 g/mol. The summed E-state index contributed by atoms with van der Waals surface area (Å²) >= 11 is 6.12. The normalized spacial score (nSPS) is 19.5. The molecule has 1 aliphatic rings. The Labute approximate surface area is 172 Å². The molecule has 0 spiro atoms. The van der Waals surface area contributed by atoms with Crippen LogP contribution in [0.1, 0.15) is 23.5 Å². The molecule has 6 heteroatoms. The van der Waals surface area contributed by atoms with Crippen LogP contribution in [0.3, 0.4) is 0 Å². The van der Waals surface area contributed by atoms with Crippen molar-refractivity contribution in [1.82, 2.24) is 10.2 Å². The molecule has 2 aromatic carbocycles. The Morgan fingerprint density at radius 1 is 1.11 bits per heavy atom. The molecule has 1 aliphatic heterocycles. The van der Waals surface area contributed by atoms with E-state index in [9.17, 15) is 4.79 Å². The van der Waals surface area contributed by atoms with Gasteiger partial charge in [0.15, 0.2) is 0 Å². The van der Waals surface area contributed by atoms with Crippen LogP contribution in [0.4, 0.5) is 0 Å². The second-order valence-corrected chi connectivity index (χ2v) is 7.30. The summed E-state index contributed by atoms with van der Waals surface area (Å²) in [4.78, 5) is 14.5. The van der Waals surface area contributed by atoms with E-state index in [2.05, 4.69) is 34.5 Å². The highest BCUT2D eigenvalue weighted by molar-refractivity contribution is 6.31. The Kier molecular flexibility index (Phi) is 8.58. The molecule has 1 saturated heterocycles. The molecule has 2 aromatic rings. The lowest BCUT2D eigenvalue weighted by atomic mass is 9.89. The lowest BCUT2D eigenvalue weighted by Crippen LogP contribution is -2.30. The SMILES string of the molecule is Cl.NC[C@@H]1CN(CCC(=O)NCc2ccccc2Cl)C[C@H]1c1ccccc1. The summed E-state index contributed by atoms with van der Waals surface area (Å²) in [6.45, 7) is 3.82. The number of amides is 1. The predicted molar refractivity (Wildman–Crippen MR) is 113 cm³/mol. The van der Waals surface area contributed by atoms with Crippen molar-refractivity contribution in [3.63, 3.8) is 0 Å². The van der Waals surface area contributed by atoms with Crippen LogP contribution < -0.4 is 11.1 Å². The fraction of sp³-hybridized carbons (Fsp3) is 0.381. The lowest BCUT2D eigenvalue weighted by molar-refractivity contribution is -0.121. The Morgan fingerprint density at radius 3 is 2.52 bits per heavy atom. The van der Waals surface area contributed by atoms with Gasteiger partial charge in [-0.05, 0) is 29.7 Å². The van der Waals surface area contributed by atoms with Crippen LogP contribution >= 0.6 is 24.0 Å². The Balaban J connectivity index is 0.00000261. The summed E-state index contributed by atoms with van der Waals surface area (Å²) in [7, 11) is 0. The Morgan fingerprint density at radius 2 is 1.81 bits per heavy atom. The van der Waals surface area contributed by atoms with Crippen molar-refractivity contribution in [2.24, 2.45) is 11.7 Å². The van der Waals surface area contributed by atoms with Gasteiger partial charge in [-0.1, -0.05) is 60.1 Å². The quantitative estimate of drug-likeness (QED) is 0.738. The van der Waals surface area contributed by atoms with E-state index < -0.39 is 0 Å². The molecule has 4 nitrogen and oxygen atoms in total. The van der Waals surface area contributed by atoms with Gasteiger partial charge in [-0.15, -0.1) is 12.4 Å². The largest absolute Gasteiger partial charge is 0.352 e. The van der Waals surface area contributed by atoms with Crippen molar-refractivity contribution in [2.75, 3.05) is 26.2 Å². The summed E-state index contributed by atoms with van der Waals surface area (Å²) in [5.74, 6) is 0.952. The van der Waals surface area contributed by atoms with Crippen LogP contribution in [-0.2, 0) is 11.3 Å². The highest BCUT2D eigenvalue weighted by Crippen LogP contribution is 2.31. The molecule has 1 fully saturated rings. The number of benzene rings is 2. The summed E-state index contributed by atoms with van der Waals surface area (Å²) in [5, 5.41) is 3.64. The molecule has 3 N–H and O–H groups in total. The molecule has 27 heavy (non-hydrogen) atoms. The molecular formula is C21H27Cl2N3O. The Bertz CT molecular complexity index is 726. The smallest absolute Gasteiger partial charge is 0.221 e. The number of nitrogens with zero attached hydrogens (tertiary/aromatic N) is 1. The van der Waals surface area contributed by atoms with Crippen molar-refractivity contribution in [1.29, 1.82) is 0 Å². The molecule has 1 amide bonds. The number of halogens is 2. The maximum absolute atomic E-state index is 12.2. The molecule has 0 aliphatic carbocycles. The first kappa shape index (κ1) is 21.7. The van der Waals surface area contributed by atoms with Gasteiger partial charge in [0, 0.05) is 43.5 Å². The zero-order valence-electron chi connectivity index (χ0n) is 15.3. The third-order valence-corrected chi connectivity index (χ3v) is 5.50. The molecule has 2 atom stereocenters. The molecule has 3 rings (SSSR count). The number of carbonyl (C=O) groups excluding carboxylic acids is 1. The molecule has 0 saturated carbocycles. The molecule has 0 bridgehead atoms. The van der Waals surface area contributed by atoms with E-state index in [1.807, 2.05) is 30.3 Å². The van der Waals surface area contributed by atoms with E-state index in [1.54, 1.807) is 0 Å². The fourth-order valence-corrected chi connectivity index (χ4v) is 3.85. The second-order valence-electron chi connectivity index (χ2n) is 6.89. The molecule has 0 aromatic heterocycles. The second kappa shape index (κ2) is 10.7. The van der Waals surface area contributed by atoms with E-state index >= 15 is 0 Å². The number of nitrogens with two attached hydrogens (primary N) is 1. The summed E-state index contributed by atoms with van der Waals surface area (Å²) in [5.41, 5.74) is 8.27. The minimum Gasteiger partial charge on any atom is -0.352 e. The third kappa shape index (κ3) is 5.94. The molecule has 146 valence electrons. The summed E-state index contributed by atoms with van der Waals surface area (Å²) in [6, 6.07) is 18.1. The first-order valence-electron chi connectivity index (χ1n) is 9.15. The zero-order chi connectivity index (χ0) is 18.4. The van der Waals surface area contributed by atoms with E-state index in [1.165, 1.54) is 5.56 Å². The number of carbonyl (C=O) groups is 1. The van der Waals surface area contributed by atoms with Crippen LogP contribution in [0.15, 0.2) is 54.6 Å². The third-order valence-electron chi connectivity index (χ3n) is 5.14. The maximum atomic E-state index is 12.2. The standard InChI is InChI=1S/C21H26ClN3O.ClH/c22-20-9-5-4-8-17(20)13-24-21(26)10-11-25-14-18(12-23)19(15-25)16-6-2-1-3-7-16;/h1-9,18-19H,10-15,23H2,(H,24,26);1H/t18-,19+;/m1./s1. The number of hydrogen-bond acceptors (Lipinski definition) is 3. The van der Waals surface area contributed by atoms with Crippen LogP contribution in [0.25, 0.3) is 0 Å².